The number of carbonyl (C=O) groups excluding carboxylic acids is 3. The second-order valence-corrected chi connectivity index (χ2v) is 9.10. The molecule has 1 aliphatic heterocycles. The first-order valence-corrected chi connectivity index (χ1v) is 12.4. The summed E-state index contributed by atoms with van der Waals surface area (Å²) in [5.74, 6) is 4.79. The number of aromatic nitrogens is 1. The van der Waals surface area contributed by atoms with Gasteiger partial charge in [-0.2, -0.15) is 0 Å². The molecule has 7 nitrogen and oxygen atoms in total. The van der Waals surface area contributed by atoms with Crippen molar-refractivity contribution in [3.63, 3.8) is 0 Å². The molecule has 1 saturated heterocycles. The molecule has 3 aromatic rings. The predicted octanol–water partition coefficient (Wildman–Crippen LogP) is 3.54. The molecule has 0 saturated carbocycles. The molecule has 0 radical (unpaired) electrons. The molecule has 2 heterocycles. The first-order chi connectivity index (χ1) is 17.0. The maximum Gasteiger partial charge on any atom is 0.298 e. The van der Waals surface area contributed by atoms with Crippen LogP contribution in [0.2, 0.25) is 0 Å². The van der Waals surface area contributed by atoms with Crippen LogP contribution in [0.4, 0.5) is 0 Å². The van der Waals surface area contributed by atoms with Crippen LogP contribution in [0.15, 0.2) is 60.0 Å². The van der Waals surface area contributed by atoms with Gasteiger partial charge >= 0.3 is 0 Å². The molecule has 178 valence electrons. The molecule has 8 heteroatoms. The van der Waals surface area contributed by atoms with Gasteiger partial charge in [-0.05, 0) is 49.1 Å². The number of amides is 3. The third-order valence-corrected chi connectivity index (χ3v) is 6.89. The van der Waals surface area contributed by atoms with Crippen LogP contribution in [-0.2, 0) is 11.2 Å². The second kappa shape index (κ2) is 11.4. The number of likely N-dealkylation sites (tertiary alicyclic amines) is 1. The van der Waals surface area contributed by atoms with Crippen molar-refractivity contribution >= 4 is 29.1 Å². The average molecular weight is 487 g/mol. The fourth-order valence-electron chi connectivity index (χ4n) is 3.78. The number of thiazole rings is 1. The van der Waals surface area contributed by atoms with Crippen LogP contribution in [0.3, 0.4) is 0 Å². The highest BCUT2D eigenvalue weighted by Crippen LogP contribution is 2.30. The van der Waals surface area contributed by atoms with Crippen LogP contribution >= 0.6 is 11.3 Å². The lowest BCUT2D eigenvalue weighted by molar-refractivity contribution is -0.126. The Hall–Kier alpha value is -3.96. The molecule has 0 atom stereocenters. The van der Waals surface area contributed by atoms with Gasteiger partial charge in [0.1, 0.15) is 5.69 Å². The van der Waals surface area contributed by atoms with Crippen LogP contribution in [0.1, 0.15) is 62.7 Å². The van der Waals surface area contributed by atoms with Crippen molar-refractivity contribution in [3.8, 4) is 11.8 Å². The zero-order valence-corrected chi connectivity index (χ0v) is 20.2. The molecule has 0 bridgehead atoms. The molecule has 35 heavy (non-hydrogen) atoms. The smallest absolute Gasteiger partial charge is 0.298 e. The summed E-state index contributed by atoms with van der Waals surface area (Å²) in [6.45, 7) is 3.24. The molecular weight excluding hydrogens is 460 g/mol. The van der Waals surface area contributed by atoms with Crippen LogP contribution < -0.4 is 10.9 Å². The van der Waals surface area contributed by atoms with Gasteiger partial charge in [0.15, 0.2) is 0 Å². The fourth-order valence-corrected chi connectivity index (χ4v) is 4.75. The molecule has 1 fully saturated rings. The highest BCUT2D eigenvalue weighted by atomic mass is 32.1. The summed E-state index contributed by atoms with van der Waals surface area (Å²) < 4.78 is 0. The Balaban J connectivity index is 1.26. The van der Waals surface area contributed by atoms with Gasteiger partial charge in [-0.15, -0.1) is 11.3 Å². The number of hydrogen-bond donors (Lipinski definition) is 2. The van der Waals surface area contributed by atoms with E-state index in [0.29, 0.717) is 18.7 Å². The SMILES string of the molecule is CCc1ccc(C(=O)NNC(=O)c2csc(C3CCN(C(=O)C#Cc4ccccc4)CC3)n2)cc1. The molecule has 3 amide bonds. The van der Waals surface area contributed by atoms with E-state index in [0.717, 1.165) is 35.4 Å². The van der Waals surface area contributed by atoms with Crippen molar-refractivity contribution in [2.24, 2.45) is 0 Å². The molecule has 1 aliphatic rings. The zero-order chi connectivity index (χ0) is 24.6. The van der Waals surface area contributed by atoms with Gasteiger partial charge in [-0.1, -0.05) is 43.2 Å². The van der Waals surface area contributed by atoms with Crippen LogP contribution in [0, 0.1) is 11.8 Å². The number of hydrazine groups is 1. The van der Waals surface area contributed by atoms with E-state index in [2.05, 4.69) is 27.7 Å². The average Bonchev–Trinajstić information content (AvgIpc) is 3.41. The molecule has 0 spiro atoms. The highest BCUT2D eigenvalue weighted by Gasteiger charge is 2.26. The monoisotopic (exact) mass is 486 g/mol. The lowest BCUT2D eigenvalue weighted by Gasteiger charge is -2.29. The summed E-state index contributed by atoms with van der Waals surface area (Å²) >= 11 is 1.42. The number of piperidine rings is 1. The van der Waals surface area contributed by atoms with E-state index in [1.165, 1.54) is 11.3 Å². The largest absolute Gasteiger partial charge is 0.332 e. The quantitative estimate of drug-likeness (QED) is 0.436. The molecule has 2 aromatic carbocycles. The lowest BCUT2D eigenvalue weighted by atomic mass is 9.97. The summed E-state index contributed by atoms with van der Waals surface area (Å²) in [7, 11) is 0. The first kappa shape index (κ1) is 24.2. The Bertz CT molecular complexity index is 1250. The van der Waals surface area contributed by atoms with Crippen molar-refractivity contribution in [1.82, 2.24) is 20.7 Å². The molecule has 4 rings (SSSR count). The Labute approximate surface area is 208 Å². The molecule has 0 aliphatic carbocycles. The number of nitrogens with one attached hydrogen (secondary N) is 2. The molecule has 0 unspecified atom stereocenters. The third-order valence-electron chi connectivity index (χ3n) is 5.89. The molecule has 1 aromatic heterocycles. The van der Waals surface area contributed by atoms with Crippen molar-refractivity contribution in [2.45, 2.75) is 32.1 Å². The van der Waals surface area contributed by atoms with Crippen molar-refractivity contribution in [2.75, 3.05) is 13.1 Å². The van der Waals surface area contributed by atoms with Gasteiger partial charge in [-0.3, -0.25) is 25.2 Å². The number of rotatable bonds is 4. The summed E-state index contributed by atoms with van der Waals surface area (Å²) in [6, 6.07) is 16.7. The number of hydrogen-bond acceptors (Lipinski definition) is 5. The Morgan fingerprint density at radius 1 is 1.00 bits per heavy atom. The topological polar surface area (TPSA) is 91.4 Å². The summed E-state index contributed by atoms with van der Waals surface area (Å²) in [5, 5.41) is 2.55. The van der Waals surface area contributed by atoms with E-state index in [1.807, 2.05) is 49.4 Å². The summed E-state index contributed by atoms with van der Waals surface area (Å²) in [4.78, 5) is 43.4. The van der Waals surface area contributed by atoms with Gasteiger partial charge in [0.2, 0.25) is 0 Å². The van der Waals surface area contributed by atoms with Crippen LogP contribution in [-0.4, -0.2) is 40.7 Å². The third kappa shape index (κ3) is 6.34. The normalized spacial score (nSPS) is 13.5. The standard InChI is InChI=1S/C27H26N4O3S/c1-2-19-8-11-21(12-9-19)25(33)29-30-26(34)23-18-35-27(28-23)22-14-16-31(17-15-22)24(32)13-10-20-6-4-3-5-7-20/h3-9,11-12,18,22H,2,14-17H2,1H3,(H,29,33)(H,30,34). The molecular formula is C27H26N4O3S. The van der Waals surface area contributed by atoms with Crippen LogP contribution in [0.5, 0.6) is 0 Å². The minimum atomic E-state index is -0.463. The van der Waals surface area contributed by atoms with E-state index in [1.54, 1.807) is 22.4 Å². The van der Waals surface area contributed by atoms with Gasteiger partial charge in [-0.25, -0.2) is 4.98 Å². The number of benzene rings is 2. The minimum absolute atomic E-state index is 0.174. The molecule has 2 N–H and O–H groups in total. The van der Waals surface area contributed by atoms with Gasteiger partial charge in [0, 0.05) is 41.4 Å². The van der Waals surface area contributed by atoms with Crippen LogP contribution in [0.25, 0.3) is 0 Å². The van der Waals surface area contributed by atoms with E-state index >= 15 is 0 Å². The van der Waals surface area contributed by atoms with E-state index < -0.39 is 5.91 Å². The number of aryl methyl sites for hydroxylation is 1. The minimum Gasteiger partial charge on any atom is -0.332 e. The highest BCUT2D eigenvalue weighted by molar-refractivity contribution is 7.09. The summed E-state index contributed by atoms with van der Waals surface area (Å²) in [5.41, 5.74) is 7.55. The Morgan fingerprint density at radius 3 is 2.37 bits per heavy atom. The van der Waals surface area contributed by atoms with Gasteiger partial charge in [0.05, 0.1) is 5.01 Å². The predicted molar refractivity (Wildman–Crippen MR) is 135 cm³/mol. The summed E-state index contributed by atoms with van der Waals surface area (Å²) in [6.07, 6.45) is 2.41. The Kier molecular flexibility index (Phi) is 7.91. The Morgan fingerprint density at radius 2 is 1.69 bits per heavy atom. The van der Waals surface area contributed by atoms with Crippen molar-refractivity contribution in [1.29, 1.82) is 0 Å². The van der Waals surface area contributed by atoms with E-state index in [4.69, 9.17) is 0 Å². The number of carbonyl (C=O) groups is 3. The maximum absolute atomic E-state index is 12.5. The zero-order valence-electron chi connectivity index (χ0n) is 19.4. The lowest BCUT2D eigenvalue weighted by Crippen LogP contribution is -2.41. The van der Waals surface area contributed by atoms with Crippen molar-refractivity contribution < 1.29 is 14.4 Å². The number of nitrogens with zero attached hydrogens (tertiary/aromatic N) is 2. The van der Waals surface area contributed by atoms with E-state index in [9.17, 15) is 14.4 Å². The first-order valence-electron chi connectivity index (χ1n) is 11.5. The van der Waals surface area contributed by atoms with Gasteiger partial charge in [0.25, 0.3) is 17.7 Å². The maximum atomic E-state index is 12.5. The fraction of sp³-hybridized carbons (Fsp3) is 0.259. The van der Waals surface area contributed by atoms with Crippen molar-refractivity contribution in [3.05, 3.63) is 87.4 Å². The second-order valence-electron chi connectivity index (χ2n) is 8.21. The van der Waals surface area contributed by atoms with Gasteiger partial charge < -0.3 is 4.90 Å². The van der Waals surface area contributed by atoms with E-state index in [-0.39, 0.29) is 23.4 Å².